The molecule has 0 spiro atoms. The first-order chi connectivity index (χ1) is 10.5. The molecule has 112 valence electrons. The molecule has 0 unspecified atom stereocenters. The third-order valence-corrected chi connectivity index (χ3v) is 4.70. The van der Waals surface area contributed by atoms with Crippen LogP contribution in [0.2, 0.25) is 5.02 Å². The molecule has 6 heteroatoms. The van der Waals surface area contributed by atoms with Gasteiger partial charge in [-0.3, -0.25) is 9.59 Å². The summed E-state index contributed by atoms with van der Waals surface area (Å²) in [6.45, 7) is 1.85. The Balaban J connectivity index is 1.80. The normalized spacial score (nSPS) is 16.6. The van der Waals surface area contributed by atoms with Gasteiger partial charge in [0.1, 0.15) is 0 Å². The van der Waals surface area contributed by atoms with E-state index in [4.69, 9.17) is 11.6 Å². The number of carbonyl (C=O) groups excluding carboxylic acids is 2. The Morgan fingerprint density at radius 2 is 1.95 bits per heavy atom. The van der Waals surface area contributed by atoms with Crippen molar-refractivity contribution in [3.8, 4) is 0 Å². The van der Waals surface area contributed by atoms with Crippen LogP contribution in [0.4, 0.5) is 11.4 Å². The van der Waals surface area contributed by atoms with E-state index in [0.29, 0.717) is 22.0 Å². The quantitative estimate of drug-likeness (QED) is 0.873. The maximum Gasteiger partial charge on any atom is 0.255 e. The molecular formula is C16H13ClN2O2S. The lowest BCUT2D eigenvalue weighted by Gasteiger charge is -2.21. The van der Waals surface area contributed by atoms with Crippen LogP contribution >= 0.6 is 23.4 Å². The smallest absolute Gasteiger partial charge is 0.255 e. The van der Waals surface area contributed by atoms with E-state index in [2.05, 4.69) is 10.6 Å². The largest absolute Gasteiger partial charge is 0.324 e. The molecule has 1 aliphatic rings. The third kappa shape index (κ3) is 3.10. The number of hydrogen-bond acceptors (Lipinski definition) is 3. The Hall–Kier alpha value is -1.98. The number of hydrogen-bond donors (Lipinski definition) is 2. The van der Waals surface area contributed by atoms with Crippen molar-refractivity contribution >= 4 is 46.6 Å². The second-order valence-electron chi connectivity index (χ2n) is 4.92. The van der Waals surface area contributed by atoms with E-state index in [1.807, 2.05) is 13.0 Å². The maximum absolute atomic E-state index is 12.3. The van der Waals surface area contributed by atoms with Crippen LogP contribution in [0.5, 0.6) is 0 Å². The Bertz CT molecular complexity index is 746. The van der Waals surface area contributed by atoms with Gasteiger partial charge in [0.15, 0.2) is 0 Å². The molecule has 2 amide bonds. The van der Waals surface area contributed by atoms with E-state index in [-0.39, 0.29) is 17.1 Å². The molecule has 0 fully saturated rings. The number of benzene rings is 2. The van der Waals surface area contributed by atoms with Gasteiger partial charge in [0, 0.05) is 21.2 Å². The van der Waals surface area contributed by atoms with Crippen LogP contribution in [0.3, 0.4) is 0 Å². The van der Waals surface area contributed by atoms with Gasteiger partial charge in [-0.15, -0.1) is 11.8 Å². The zero-order valence-electron chi connectivity index (χ0n) is 11.7. The second kappa shape index (κ2) is 6.02. The zero-order valence-corrected chi connectivity index (χ0v) is 13.3. The molecule has 22 heavy (non-hydrogen) atoms. The fourth-order valence-corrected chi connectivity index (χ4v) is 3.14. The lowest BCUT2D eigenvalue weighted by Crippen LogP contribution is -2.26. The molecule has 4 nitrogen and oxygen atoms in total. The first-order valence-corrected chi connectivity index (χ1v) is 7.97. The van der Waals surface area contributed by atoms with Gasteiger partial charge >= 0.3 is 0 Å². The minimum Gasteiger partial charge on any atom is -0.324 e. The van der Waals surface area contributed by atoms with Gasteiger partial charge in [0.2, 0.25) is 5.91 Å². The van der Waals surface area contributed by atoms with Crippen molar-refractivity contribution in [1.29, 1.82) is 0 Å². The molecule has 0 aromatic heterocycles. The van der Waals surface area contributed by atoms with Crippen molar-refractivity contribution in [2.24, 2.45) is 0 Å². The summed E-state index contributed by atoms with van der Waals surface area (Å²) < 4.78 is 0. The van der Waals surface area contributed by atoms with Gasteiger partial charge in [-0.25, -0.2) is 0 Å². The van der Waals surface area contributed by atoms with Crippen LogP contribution in [-0.4, -0.2) is 17.1 Å². The van der Waals surface area contributed by atoms with Crippen molar-refractivity contribution in [3.05, 3.63) is 53.1 Å². The Kier molecular flexibility index (Phi) is 4.09. The molecule has 0 aliphatic carbocycles. The maximum atomic E-state index is 12.3. The molecule has 0 bridgehead atoms. The van der Waals surface area contributed by atoms with Crippen molar-refractivity contribution in [2.45, 2.75) is 17.1 Å². The fraction of sp³-hybridized carbons (Fsp3) is 0.125. The van der Waals surface area contributed by atoms with Gasteiger partial charge in [0.05, 0.1) is 10.9 Å². The van der Waals surface area contributed by atoms with E-state index >= 15 is 0 Å². The zero-order chi connectivity index (χ0) is 15.7. The average molecular weight is 333 g/mol. The number of amides is 2. The summed E-state index contributed by atoms with van der Waals surface area (Å²) in [5, 5.41) is 6.10. The standard InChI is InChI=1S/C16H13ClN2O2S/c1-9-15(20)19-13-8-10(2-7-14(13)22-9)16(21)18-12-5-3-11(17)4-6-12/h2-9H,1H3,(H,18,21)(H,19,20)/t9-/m0/s1. The minimum atomic E-state index is -0.233. The molecule has 3 rings (SSSR count). The van der Waals surface area contributed by atoms with E-state index in [1.54, 1.807) is 36.4 Å². The van der Waals surface area contributed by atoms with E-state index in [9.17, 15) is 9.59 Å². The number of halogens is 1. The summed E-state index contributed by atoms with van der Waals surface area (Å²) in [5.41, 5.74) is 1.83. The SMILES string of the molecule is C[C@@H]1Sc2ccc(C(=O)Nc3ccc(Cl)cc3)cc2NC1=O. The Morgan fingerprint density at radius 1 is 1.23 bits per heavy atom. The molecule has 0 saturated heterocycles. The fourth-order valence-electron chi connectivity index (χ4n) is 2.09. The van der Waals surface area contributed by atoms with Crippen LogP contribution < -0.4 is 10.6 Å². The monoisotopic (exact) mass is 332 g/mol. The van der Waals surface area contributed by atoms with Gasteiger partial charge in [-0.2, -0.15) is 0 Å². The molecule has 2 N–H and O–H groups in total. The molecule has 0 saturated carbocycles. The molecule has 0 radical (unpaired) electrons. The predicted octanol–water partition coefficient (Wildman–Crippen LogP) is 4.03. The summed E-state index contributed by atoms with van der Waals surface area (Å²) in [6, 6.07) is 12.2. The van der Waals surface area contributed by atoms with Gasteiger partial charge < -0.3 is 10.6 Å². The van der Waals surface area contributed by atoms with E-state index in [0.717, 1.165) is 4.90 Å². The molecule has 2 aromatic carbocycles. The van der Waals surface area contributed by atoms with Gasteiger partial charge in [0.25, 0.3) is 5.91 Å². The minimum absolute atomic E-state index is 0.0484. The number of carbonyl (C=O) groups is 2. The van der Waals surface area contributed by atoms with Gasteiger partial charge in [-0.05, 0) is 49.4 Å². The molecule has 1 heterocycles. The summed E-state index contributed by atoms with van der Waals surface area (Å²) in [6.07, 6.45) is 0. The number of nitrogens with one attached hydrogen (secondary N) is 2. The average Bonchev–Trinajstić information content (AvgIpc) is 2.50. The highest BCUT2D eigenvalue weighted by molar-refractivity contribution is 8.00. The Morgan fingerprint density at radius 3 is 2.68 bits per heavy atom. The molecule has 2 aromatic rings. The van der Waals surface area contributed by atoms with Crippen molar-refractivity contribution in [3.63, 3.8) is 0 Å². The topological polar surface area (TPSA) is 58.2 Å². The van der Waals surface area contributed by atoms with Crippen LogP contribution in [0.1, 0.15) is 17.3 Å². The summed E-state index contributed by atoms with van der Waals surface area (Å²) in [5.74, 6) is -0.282. The van der Waals surface area contributed by atoms with E-state index in [1.165, 1.54) is 11.8 Å². The van der Waals surface area contributed by atoms with E-state index < -0.39 is 0 Å². The first kappa shape index (κ1) is 14.9. The first-order valence-electron chi connectivity index (χ1n) is 6.71. The van der Waals surface area contributed by atoms with Crippen molar-refractivity contribution < 1.29 is 9.59 Å². The molecule has 1 atom stereocenters. The van der Waals surface area contributed by atoms with Crippen LogP contribution in [0.15, 0.2) is 47.4 Å². The third-order valence-electron chi connectivity index (χ3n) is 3.27. The number of anilines is 2. The highest BCUT2D eigenvalue weighted by Gasteiger charge is 2.23. The van der Waals surface area contributed by atoms with Crippen molar-refractivity contribution in [1.82, 2.24) is 0 Å². The van der Waals surface area contributed by atoms with Crippen molar-refractivity contribution in [2.75, 3.05) is 10.6 Å². The lowest BCUT2D eigenvalue weighted by atomic mass is 10.1. The summed E-state index contributed by atoms with van der Waals surface area (Å²) in [7, 11) is 0. The number of fused-ring (bicyclic) bond motifs is 1. The van der Waals surface area contributed by atoms with Crippen LogP contribution in [-0.2, 0) is 4.79 Å². The number of thioether (sulfide) groups is 1. The number of rotatable bonds is 2. The highest BCUT2D eigenvalue weighted by Crippen LogP contribution is 2.36. The van der Waals surface area contributed by atoms with Crippen LogP contribution in [0, 0.1) is 0 Å². The summed E-state index contributed by atoms with van der Waals surface area (Å²) >= 11 is 7.30. The molecule has 1 aliphatic heterocycles. The lowest BCUT2D eigenvalue weighted by molar-refractivity contribution is -0.115. The Labute approximate surface area is 137 Å². The summed E-state index contributed by atoms with van der Waals surface area (Å²) in [4.78, 5) is 25.0. The van der Waals surface area contributed by atoms with Gasteiger partial charge in [-0.1, -0.05) is 11.6 Å². The predicted molar refractivity (Wildman–Crippen MR) is 89.8 cm³/mol. The highest BCUT2D eigenvalue weighted by atomic mass is 35.5. The van der Waals surface area contributed by atoms with Crippen LogP contribution in [0.25, 0.3) is 0 Å². The second-order valence-corrected chi connectivity index (χ2v) is 6.74. The molecular weight excluding hydrogens is 320 g/mol.